The first-order valence-corrected chi connectivity index (χ1v) is 9.82. The van der Waals surface area contributed by atoms with E-state index in [0.717, 1.165) is 0 Å². The first-order valence-electron chi connectivity index (χ1n) is 9.03. The molecule has 2 aromatic carbocycles. The fourth-order valence-corrected chi connectivity index (χ4v) is 3.86. The van der Waals surface area contributed by atoms with E-state index in [9.17, 15) is 9.59 Å². The number of methoxy groups -OCH3 is 2. The minimum Gasteiger partial charge on any atom is -0.497 e. The van der Waals surface area contributed by atoms with Gasteiger partial charge < -0.3 is 18.9 Å². The highest BCUT2D eigenvalue weighted by Gasteiger charge is 2.38. The van der Waals surface area contributed by atoms with Gasteiger partial charge >= 0.3 is 5.97 Å². The van der Waals surface area contributed by atoms with E-state index in [1.165, 1.54) is 12.0 Å². The third-order valence-electron chi connectivity index (χ3n) is 4.91. The van der Waals surface area contributed by atoms with Gasteiger partial charge in [0.25, 0.3) is 5.91 Å². The molecule has 2 aliphatic rings. The summed E-state index contributed by atoms with van der Waals surface area (Å²) in [6.45, 7) is 1.85. The highest BCUT2D eigenvalue weighted by molar-refractivity contribution is 9.10. The molecule has 30 heavy (non-hydrogen) atoms. The quantitative estimate of drug-likeness (QED) is 0.494. The summed E-state index contributed by atoms with van der Waals surface area (Å²) in [6.07, 6.45) is 1.65. The third-order valence-corrected chi connectivity index (χ3v) is 5.60. The van der Waals surface area contributed by atoms with E-state index in [1.54, 1.807) is 56.5 Å². The Hall–Kier alpha value is -3.26. The molecule has 154 valence electrons. The average Bonchev–Trinajstić information content (AvgIpc) is 3.29. The number of hydrogen-bond acceptors (Lipinski definition) is 6. The van der Waals surface area contributed by atoms with Crippen molar-refractivity contribution in [3.05, 3.63) is 63.3 Å². The number of benzene rings is 2. The molecule has 0 saturated heterocycles. The number of carbonyl (C=O) groups excluding carboxylic acids is 2. The topological polar surface area (TPSA) is 74.3 Å². The van der Waals surface area contributed by atoms with E-state index in [2.05, 4.69) is 15.9 Å². The molecule has 0 N–H and O–H groups in total. The molecule has 0 spiro atoms. The number of nitrogens with zero attached hydrogens (tertiary/aromatic N) is 1. The fourth-order valence-electron chi connectivity index (χ4n) is 3.42. The molecule has 0 saturated carbocycles. The standard InChI is InChI=1S/C22H18BrNO6/c1-12-20(22(26)28-3)16(8-13-9-18-19(10-17(13)23)30-11-29-18)21(25)24(12)14-4-6-15(27-2)7-5-14/h4-10H,11H2,1-3H3/b16-8-. The zero-order valence-electron chi connectivity index (χ0n) is 16.5. The monoisotopic (exact) mass is 471 g/mol. The van der Waals surface area contributed by atoms with Crippen molar-refractivity contribution in [2.24, 2.45) is 0 Å². The molecule has 2 heterocycles. The van der Waals surface area contributed by atoms with Crippen LogP contribution < -0.4 is 19.1 Å². The Bertz CT molecular complexity index is 1100. The predicted octanol–water partition coefficient (Wildman–Crippen LogP) is 4.06. The number of carbonyl (C=O) groups is 2. The van der Waals surface area contributed by atoms with Crippen LogP contribution >= 0.6 is 15.9 Å². The Morgan fingerprint density at radius 3 is 2.43 bits per heavy atom. The average molecular weight is 472 g/mol. The largest absolute Gasteiger partial charge is 0.497 e. The Labute approximate surface area is 181 Å². The highest BCUT2D eigenvalue weighted by atomic mass is 79.9. The lowest BCUT2D eigenvalue weighted by Crippen LogP contribution is -2.24. The lowest BCUT2D eigenvalue weighted by Gasteiger charge is -2.18. The van der Waals surface area contributed by atoms with Crippen LogP contribution in [-0.4, -0.2) is 32.9 Å². The smallest absolute Gasteiger partial charge is 0.340 e. The Kier molecular flexibility index (Phi) is 5.26. The van der Waals surface area contributed by atoms with E-state index >= 15 is 0 Å². The summed E-state index contributed by atoms with van der Waals surface area (Å²) < 4.78 is 21.6. The van der Waals surface area contributed by atoms with E-state index in [0.29, 0.717) is 38.7 Å². The molecule has 1 amide bonds. The van der Waals surface area contributed by atoms with Gasteiger partial charge in [0.05, 0.1) is 25.4 Å². The van der Waals surface area contributed by atoms with Gasteiger partial charge in [-0.15, -0.1) is 0 Å². The number of amides is 1. The molecule has 7 nitrogen and oxygen atoms in total. The third kappa shape index (κ3) is 3.33. The molecule has 0 aliphatic carbocycles. The highest BCUT2D eigenvalue weighted by Crippen LogP contribution is 2.40. The lowest BCUT2D eigenvalue weighted by atomic mass is 10.0. The van der Waals surface area contributed by atoms with Crippen molar-refractivity contribution in [3.63, 3.8) is 0 Å². The predicted molar refractivity (Wildman–Crippen MR) is 113 cm³/mol. The van der Waals surface area contributed by atoms with Crippen LogP contribution in [0, 0.1) is 0 Å². The number of esters is 1. The van der Waals surface area contributed by atoms with E-state index in [1.807, 2.05) is 0 Å². The van der Waals surface area contributed by atoms with Crippen LogP contribution in [0.1, 0.15) is 12.5 Å². The molecule has 2 aromatic rings. The number of ether oxygens (including phenoxy) is 4. The van der Waals surface area contributed by atoms with Gasteiger partial charge in [-0.25, -0.2) is 4.79 Å². The lowest BCUT2D eigenvalue weighted by molar-refractivity contribution is -0.136. The van der Waals surface area contributed by atoms with Crippen molar-refractivity contribution in [1.82, 2.24) is 0 Å². The minimum atomic E-state index is -0.583. The minimum absolute atomic E-state index is 0.137. The second-order valence-corrected chi connectivity index (χ2v) is 7.43. The van der Waals surface area contributed by atoms with E-state index < -0.39 is 5.97 Å². The van der Waals surface area contributed by atoms with Gasteiger partial charge in [-0.1, -0.05) is 15.9 Å². The molecule has 0 aromatic heterocycles. The Morgan fingerprint density at radius 2 is 1.80 bits per heavy atom. The van der Waals surface area contributed by atoms with Crippen LogP contribution in [0.4, 0.5) is 5.69 Å². The molecule has 4 rings (SSSR count). The van der Waals surface area contributed by atoms with Gasteiger partial charge in [0, 0.05) is 15.9 Å². The van der Waals surface area contributed by atoms with Gasteiger partial charge in [-0.05, 0) is 55.0 Å². The summed E-state index contributed by atoms with van der Waals surface area (Å²) in [4.78, 5) is 27.4. The van der Waals surface area contributed by atoms with Crippen LogP contribution in [0.25, 0.3) is 6.08 Å². The van der Waals surface area contributed by atoms with Crippen molar-refractivity contribution < 1.29 is 28.5 Å². The zero-order valence-corrected chi connectivity index (χ0v) is 18.1. The number of anilines is 1. The first kappa shape index (κ1) is 20.0. The normalized spacial score (nSPS) is 16.5. The molecule has 0 radical (unpaired) electrons. The van der Waals surface area contributed by atoms with Gasteiger partial charge in [0.2, 0.25) is 6.79 Å². The molecule has 2 aliphatic heterocycles. The molecule has 0 unspecified atom stereocenters. The van der Waals surface area contributed by atoms with Crippen molar-refractivity contribution in [1.29, 1.82) is 0 Å². The summed E-state index contributed by atoms with van der Waals surface area (Å²) in [5.41, 5.74) is 2.22. The number of allylic oxidation sites excluding steroid dienone is 1. The summed E-state index contributed by atoms with van der Waals surface area (Å²) in [5.74, 6) is 0.937. The molecule has 0 bridgehead atoms. The van der Waals surface area contributed by atoms with Crippen molar-refractivity contribution in [2.45, 2.75) is 6.92 Å². The molecule has 8 heteroatoms. The van der Waals surface area contributed by atoms with Crippen LogP contribution in [0.15, 0.2) is 57.7 Å². The Morgan fingerprint density at radius 1 is 1.13 bits per heavy atom. The SMILES string of the molecule is COC(=O)C1=C(C)N(c2ccc(OC)cc2)C(=O)/C1=C\c1cc2c(cc1Br)OCO2. The molecule has 0 fully saturated rings. The van der Waals surface area contributed by atoms with Crippen molar-refractivity contribution in [3.8, 4) is 17.2 Å². The summed E-state index contributed by atoms with van der Waals surface area (Å²) >= 11 is 3.49. The van der Waals surface area contributed by atoms with Crippen molar-refractivity contribution in [2.75, 3.05) is 25.9 Å². The molecular formula is C22H18BrNO6. The number of rotatable bonds is 4. The van der Waals surface area contributed by atoms with Crippen LogP contribution in [0.3, 0.4) is 0 Å². The molecule has 0 atom stereocenters. The second-order valence-electron chi connectivity index (χ2n) is 6.58. The summed E-state index contributed by atoms with van der Waals surface area (Å²) in [7, 11) is 2.86. The first-order chi connectivity index (χ1) is 14.4. The maximum atomic E-state index is 13.4. The zero-order chi connectivity index (χ0) is 21.4. The number of halogens is 1. The van der Waals surface area contributed by atoms with Crippen LogP contribution in [-0.2, 0) is 14.3 Å². The summed E-state index contributed by atoms with van der Waals surface area (Å²) in [5, 5.41) is 0. The van der Waals surface area contributed by atoms with Gasteiger partial charge in [-0.3, -0.25) is 9.69 Å². The van der Waals surface area contributed by atoms with Gasteiger partial charge in [-0.2, -0.15) is 0 Å². The maximum Gasteiger partial charge on any atom is 0.340 e. The number of fused-ring (bicyclic) bond motifs is 1. The van der Waals surface area contributed by atoms with Gasteiger partial charge in [0.1, 0.15) is 5.75 Å². The van der Waals surface area contributed by atoms with Crippen molar-refractivity contribution >= 4 is 39.6 Å². The van der Waals surface area contributed by atoms with Crippen LogP contribution in [0.2, 0.25) is 0 Å². The van der Waals surface area contributed by atoms with Gasteiger partial charge in [0.15, 0.2) is 11.5 Å². The van der Waals surface area contributed by atoms with Crippen LogP contribution in [0.5, 0.6) is 17.2 Å². The van der Waals surface area contributed by atoms with E-state index in [4.69, 9.17) is 18.9 Å². The molecular weight excluding hydrogens is 454 g/mol. The Balaban J connectivity index is 1.82. The maximum absolute atomic E-state index is 13.4. The summed E-state index contributed by atoms with van der Waals surface area (Å²) in [6, 6.07) is 10.5. The number of hydrogen-bond donors (Lipinski definition) is 0. The second kappa shape index (κ2) is 7.87. The van der Waals surface area contributed by atoms with E-state index in [-0.39, 0.29) is 23.8 Å². The fraction of sp³-hybridized carbons (Fsp3) is 0.182.